The molecule has 442 valence electrons. The number of unbranched alkanes of at least 4 members (excludes halogenated alkanes) is 32. The number of ether oxygens (including phenoxy) is 3. The van der Waals surface area contributed by atoms with E-state index >= 15 is 0 Å². The van der Waals surface area contributed by atoms with Gasteiger partial charge in [0.2, 0.25) is 0 Å². The van der Waals surface area contributed by atoms with E-state index < -0.39 is 6.10 Å². The molecule has 0 saturated carbocycles. The Morgan fingerprint density at radius 1 is 0.273 bits per heavy atom. The maximum atomic E-state index is 12.9. The van der Waals surface area contributed by atoms with Crippen LogP contribution < -0.4 is 0 Å². The molecule has 0 spiro atoms. The van der Waals surface area contributed by atoms with E-state index in [0.717, 1.165) is 109 Å². The lowest BCUT2D eigenvalue weighted by Gasteiger charge is -2.18. The maximum Gasteiger partial charge on any atom is 0.306 e. The van der Waals surface area contributed by atoms with Crippen LogP contribution in [0.1, 0.15) is 316 Å². The topological polar surface area (TPSA) is 78.9 Å². The average Bonchev–Trinajstić information content (AvgIpc) is 3.43. The molecule has 1 unspecified atom stereocenters. The molecule has 0 amide bonds. The van der Waals surface area contributed by atoms with Crippen molar-refractivity contribution in [2.24, 2.45) is 0 Å². The van der Waals surface area contributed by atoms with Gasteiger partial charge in [-0.25, -0.2) is 0 Å². The summed E-state index contributed by atoms with van der Waals surface area (Å²) in [5.74, 6) is -0.911. The van der Waals surface area contributed by atoms with Gasteiger partial charge in [-0.2, -0.15) is 0 Å². The second kappa shape index (κ2) is 64.9. The van der Waals surface area contributed by atoms with E-state index in [2.05, 4.69) is 118 Å². The number of esters is 3. The molecular weight excluding hydrogens is 949 g/mol. The molecule has 0 aliphatic carbocycles. The molecule has 0 aliphatic heterocycles. The summed E-state index contributed by atoms with van der Waals surface area (Å²) in [7, 11) is 0. The van der Waals surface area contributed by atoms with Crippen molar-refractivity contribution in [2.45, 2.75) is 322 Å². The molecule has 6 heteroatoms. The maximum absolute atomic E-state index is 12.9. The normalized spacial score (nSPS) is 12.7. The molecule has 0 fully saturated rings. The van der Waals surface area contributed by atoms with Crippen LogP contribution in [0.15, 0.2) is 97.2 Å². The molecule has 1 atom stereocenters. The zero-order valence-corrected chi connectivity index (χ0v) is 50.7. The number of allylic oxidation sites excluding steroid dienone is 16. The monoisotopic (exact) mass is 1070 g/mol. The van der Waals surface area contributed by atoms with E-state index in [4.69, 9.17) is 14.2 Å². The Kier molecular flexibility index (Phi) is 61.8. The summed E-state index contributed by atoms with van der Waals surface area (Å²) in [6, 6.07) is 0. The minimum absolute atomic E-state index is 0.0861. The van der Waals surface area contributed by atoms with Crippen LogP contribution in [0.3, 0.4) is 0 Å². The second-order valence-corrected chi connectivity index (χ2v) is 21.6. The minimum atomic E-state index is -0.792. The van der Waals surface area contributed by atoms with Gasteiger partial charge in [0.15, 0.2) is 6.10 Å². The van der Waals surface area contributed by atoms with Gasteiger partial charge in [-0.15, -0.1) is 0 Å². The van der Waals surface area contributed by atoms with Crippen LogP contribution in [-0.4, -0.2) is 37.2 Å². The van der Waals surface area contributed by atoms with Gasteiger partial charge in [0, 0.05) is 19.3 Å². The molecule has 0 bridgehead atoms. The number of carbonyl (C=O) groups is 3. The first-order chi connectivity index (χ1) is 38.0. The van der Waals surface area contributed by atoms with Crippen LogP contribution in [0.2, 0.25) is 0 Å². The van der Waals surface area contributed by atoms with Crippen molar-refractivity contribution < 1.29 is 28.6 Å². The molecule has 0 saturated heterocycles. The highest BCUT2D eigenvalue weighted by Gasteiger charge is 2.19. The van der Waals surface area contributed by atoms with Gasteiger partial charge in [0.1, 0.15) is 13.2 Å². The van der Waals surface area contributed by atoms with E-state index in [-0.39, 0.29) is 31.1 Å². The zero-order valence-electron chi connectivity index (χ0n) is 50.7. The van der Waals surface area contributed by atoms with Gasteiger partial charge in [0.25, 0.3) is 0 Å². The summed E-state index contributed by atoms with van der Waals surface area (Å²) in [5.41, 5.74) is 0. The van der Waals surface area contributed by atoms with Gasteiger partial charge in [0.05, 0.1) is 0 Å². The fourth-order valence-electron chi connectivity index (χ4n) is 9.18. The Hall–Kier alpha value is -3.67. The molecular formula is C71H122O6. The van der Waals surface area contributed by atoms with Crippen molar-refractivity contribution in [3.8, 4) is 0 Å². The van der Waals surface area contributed by atoms with Gasteiger partial charge in [-0.1, -0.05) is 291 Å². The predicted molar refractivity (Wildman–Crippen MR) is 334 cm³/mol. The third kappa shape index (κ3) is 63.0. The Bertz CT molecular complexity index is 1510. The van der Waals surface area contributed by atoms with Crippen LogP contribution in [0, 0.1) is 0 Å². The number of rotatable bonds is 59. The van der Waals surface area contributed by atoms with Gasteiger partial charge in [-0.3, -0.25) is 14.4 Å². The van der Waals surface area contributed by atoms with Crippen molar-refractivity contribution in [2.75, 3.05) is 13.2 Å². The van der Waals surface area contributed by atoms with Crippen LogP contribution in [0.5, 0.6) is 0 Å². The van der Waals surface area contributed by atoms with Crippen LogP contribution in [-0.2, 0) is 28.6 Å². The lowest BCUT2D eigenvalue weighted by atomic mass is 10.0. The second-order valence-electron chi connectivity index (χ2n) is 21.6. The molecule has 0 aromatic heterocycles. The van der Waals surface area contributed by atoms with E-state index in [0.29, 0.717) is 19.3 Å². The first-order valence-electron chi connectivity index (χ1n) is 32.7. The fourth-order valence-corrected chi connectivity index (χ4v) is 9.18. The Balaban J connectivity index is 4.34. The Morgan fingerprint density at radius 2 is 0.506 bits per heavy atom. The summed E-state index contributed by atoms with van der Waals surface area (Å²) < 4.78 is 16.9. The summed E-state index contributed by atoms with van der Waals surface area (Å²) in [5, 5.41) is 0. The smallest absolute Gasteiger partial charge is 0.306 e. The van der Waals surface area contributed by atoms with Gasteiger partial charge >= 0.3 is 17.9 Å². The number of hydrogen-bond donors (Lipinski definition) is 0. The molecule has 0 aromatic carbocycles. The molecule has 0 rings (SSSR count). The van der Waals surface area contributed by atoms with Crippen LogP contribution in [0.4, 0.5) is 0 Å². The summed E-state index contributed by atoms with van der Waals surface area (Å²) >= 11 is 0. The van der Waals surface area contributed by atoms with Crippen LogP contribution in [0.25, 0.3) is 0 Å². The largest absolute Gasteiger partial charge is 0.462 e. The summed E-state index contributed by atoms with van der Waals surface area (Å²) in [6.45, 7) is 6.52. The van der Waals surface area contributed by atoms with Crippen molar-refractivity contribution in [1.82, 2.24) is 0 Å². The molecule has 0 N–H and O–H groups in total. The van der Waals surface area contributed by atoms with E-state index in [9.17, 15) is 14.4 Å². The van der Waals surface area contributed by atoms with E-state index in [1.165, 1.54) is 167 Å². The third-order valence-corrected chi connectivity index (χ3v) is 14.1. The predicted octanol–water partition coefficient (Wildman–Crippen LogP) is 22.4. The Morgan fingerprint density at radius 3 is 0.818 bits per heavy atom. The Labute approximate surface area is 477 Å². The SMILES string of the molecule is CC/C=C\C/C=C\C/C=C\C/C=C\C/C=C\C/C=C\C/C=C\CCCCCC(=O)OCC(COC(=O)CCCCCCCCCCCCC)OC(=O)CCCCCCCCCCCCC/C=C\CCCCCCCCCC. The molecule has 77 heavy (non-hydrogen) atoms. The van der Waals surface area contributed by atoms with Crippen molar-refractivity contribution in [3.63, 3.8) is 0 Å². The lowest BCUT2D eigenvalue weighted by Crippen LogP contribution is -2.30. The molecule has 0 heterocycles. The molecule has 6 nitrogen and oxygen atoms in total. The quantitative estimate of drug-likeness (QED) is 0.0261. The first-order valence-corrected chi connectivity index (χ1v) is 32.7. The minimum Gasteiger partial charge on any atom is -0.462 e. The van der Waals surface area contributed by atoms with Gasteiger partial charge in [-0.05, 0) is 103 Å². The lowest BCUT2D eigenvalue weighted by molar-refractivity contribution is -0.167. The van der Waals surface area contributed by atoms with Crippen molar-refractivity contribution >= 4 is 17.9 Å². The third-order valence-electron chi connectivity index (χ3n) is 14.1. The molecule has 0 aliphatic rings. The molecule has 0 radical (unpaired) electrons. The van der Waals surface area contributed by atoms with Crippen molar-refractivity contribution in [1.29, 1.82) is 0 Å². The standard InChI is InChI=1S/C71H122O6/c1-4-7-10-13-16-19-22-24-26-28-30-32-34-35-37-38-40-42-44-46-49-52-55-58-61-64-70(73)76-67-68(66-75-69(72)63-60-57-54-51-48-21-18-15-12-9-6-3)77-71(74)65-62-59-56-53-50-47-45-43-41-39-36-33-31-29-27-25-23-20-17-14-11-8-5-2/h7,10,16,19,24,26,29-32,35,37,40,42,46,49,68H,4-6,8-9,11-15,17-18,20-23,25,27-28,33-34,36,38-39,41,43-45,47-48,50-67H2,1-3H3/b10-7-,19-16-,26-24-,31-29-,32-30-,37-35-,42-40-,49-46-. The zero-order chi connectivity index (χ0) is 55.7. The summed E-state index contributed by atoms with van der Waals surface area (Å²) in [4.78, 5) is 38.3. The highest BCUT2D eigenvalue weighted by molar-refractivity contribution is 5.71. The van der Waals surface area contributed by atoms with Crippen LogP contribution >= 0.6 is 0 Å². The number of carbonyl (C=O) groups excluding carboxylic acids is 3. The highest BCUT2D eigenvalue weighted by atomic mass is 16.6. The van der Waals surface area contributed by atoms with Crippen molar-refractivity contribution in [3.05, 3.63) is 97.2 Å². The van der Waals surface area contributed by atoms with Gasteiger partial charge < -0.3 is 14.2 Å². The highest BCUT2D eigenvalue weighted by Crippen LogP contribution is 2.16. The first kappa shape index (κ1) is 73.3. The number of hydrogen-bond acceptors (Lipinski definition) is 6. The fraction of sp³-hybridized carbons (Fsp3) is 0.732. The molecule has 0 aromatic rings. The van der Waals surface area contributed by atoms with E-state index in [1.54, 1.807) is 0 Å². The summed E-state index contributed by atoms with van der Waals surface area (Å²) in [6.07, 6.45) is 87.1. The average molecular weight is 1070 g/mol. The van der Waals surface area contributed by atoms with E-state index in [1.807, 2.05) is 0 Å².